The summed E-state index contributed by atoms with van der Waals surface area (Å²) in [5.41, 5.74) is 8.54. The molecular weight excluding hydrogens is 218 g/mol. The molecule has 0 saturated carbocycles. The van der Waals surface area contributed by atoms with Crippen LogP contribution < -0.4 is 5.73 Å². The summed E-state index contributed by atoms with van der Waals surface area (Å²) in [6.07, 6.45) is 2.03. The minimum Gasteiger partial charge on any atom is -0.508 e. The number of rotatable bonds is 2. The van der Waals surface area contributed by atoms with Crippen molar-refractivity contribution in [3.8, 4) is 16.9 Å². The highest BCUT2D eigenvalue weighted by Crippen LogP contribution is 2.35. The third kappa shape index (κ3) is 1.99. The smallest absolute Gasteiger partial charge is 0.116 e. The molecule has 0 atom stereocenters. The van der Waals surface area contributed by atoms with Gasteiger partial charge in [-0.15, -0.1) is 11.8 Å². The van der Waals surface area contributed by atoms with E-state index in [1.807, 2.05) is 30.5 Å². The summed E-state index contributed by atoms with van der Waals surface area (Å²) in [4.78, 5) is 1.15. The number of nitrogen functional groups attached to an aromatic ring is 1. The van der Waals surface area contributed by atoms with Gasteiger partial charge in [-0.25, -0.2) is 0 Å². The molecule has 2 rings (SSSR count). The Hall–Kier alpha value is -1.61. The number of hydrogen-bond donors (Lipinski definition) is 2. The molecule has 2 nitrogen and oxygen atoms in total. The topological polar surface area (TPSA) is 46.2 Å². The minimum atomic E-state index is 0.236. The van der Waals surface area contributed by atoms with Crippen LogP contribution in [0.1, 0.15) is 0 Å². The fraction of sp³-hybridized carbons (Fsp3) is 0.0769. The maximum Gasteiger partial charge on any atom is 0.116 e. The lowest BCUT2D eigenvalue weighted by Crippen LogP contribution is -1.90. The molecule has 2 aromatic carbocycles. The van der Waals surface area contributed by atoms with Crippen LogP contribution in [0, 0.1) is 0 Å². The van der Waals surface area contributed by atoms with Crippen LogP contribution in [0.3, 0.4) is 0 Å². The van der Waals surface area contributed by atoms with Crippen LogP contribution in [0.4, 0.5) is 5.69 Å². The molecule has 0 unspecified atom stereocenters. The Kier molecular flexibility index (Phi) is 3.06. The third-order valence-electron chi connectivity index (χ3n) is 2.43. The molecule has 3 N–H and O–H groups in total. The van der Waals surface area contributed by atoms with Gasteiger partial charge in [0.25, 0.3) is 0 Å². The molecular formula is C13H13NOS. The fourth-order valence-electron chi connectivity index (χ4n) is 1.64. The van der Waals surface area contributed by atoms with Gasteiger partial charge in [0, 0.05) is 16.1 Å². The van der Waals surface area contributed by atoms with Gasteiger partial charge in [0.1, 0.15) is 5.75 Å². The van der Waals surface area contributed by atoms with Gasteiger partial charge < -0.3 is 10.8 Å². The number of phenols is 1. The lowest BCUT2D eigenvalue weighted by molar-refractivity contribution is 0.475. The molecule has 0 radical (unpaired) electrons. The first-order valence-corrected chi connectivity index (χ1v) is 6.16. The Morgan fingerprint density at radius 2 is 1.81 bits per heavy atom. The van der Waals surface area contributed by atoms with Crippen LogP contribution in [0.5, 0.6) is 5.75 Å². The average Bonchev–Trinajstić information content (AvgIpc) is 2.32. The van der Waals surface area contributed by atoms with E-state index in [1.54, 1.807) is 30.0 Å². The number of anilines is 1. The number of aromatic hydroxyl groups is 1. The standard InChI is InChI=1S/C13H13NOS/c1-16-13-5-3-2-4-10(13)11-8-9(15)6-7-12(11)14/h2-8,15H,14H2,1H3. The second kappa shape index (κ2) is 4.49. The molecule has 2 aromatic rings. The Balaban J connectivity index is 2.62. The first-order valence-electron chi connectivity index (χ1n) is 4.94. The van der Waals surface area contributed by atoms with E-state index in [0.717, 1.165) is 16.0 Å². The first kappa shape index (κ1) is 10.9. The van der Waals surface area contributed by atoms with Gasteiger partial charge in [-0.1, -0.05) is 18.2 Å². The highest BCUT2D eigenvalue weighted by Gasteiger charge is 2.07. The molecule has 0 aliphatic carbocycles. The van der Waals surface area contributed by atoms with Crippen LogP contribution in [0.25, 0.3) is 11.1 Å². The van der Waals surface area contributed by atoms with Crippen LogP contribution in [-0.2, 0) is 0 Å². The Bertz CT molecular complexity index is 511. The number of thioether (sulfide) groups is 1. The second-order valence-electron chi connectivity index (χ2n) is 3.47. The summed E-state index contributed by atoms with van der Waals surface area (Å²) in [6.45, 7) is 0. The molecule has 0 saturated heterocycles. The largest absolute Gasteiger partial charge is 0.508 e. The zero-order chi connectivity index (χ0) is 11.5. The maximum atomic E-state index is 9.50. The number of phenolic OH excluding ortho intramolecular Hbond substituents is 1. The molecule has 0 aliphatic rings. The maximum absolute atomic E-state index is 9.50. The van der Waals surface area contributed by atoms with E-state index in [0.29, 0.717) is 5.69 Å². The van der Waals surface area contributed by atoms with Gasteiger partial charge in [0.05, 0.1) is 0 Å². The van der Waals surface area contributed by atoms with E-state index < -0.39 is 0 Å². The predicted octanol–water partition coefficient (Wildman–Crippen LogP) is 3.36. The monoisotopic (exact) mass is 231 g/mol. The predicted molar refractivity (Wildman–Crippen MR) is 69.7 cm³/mol. The Labute approximate surface area is 99.1 Å². The Morgan fingerprint density at radius 1 is 1.06 bits per heavy atom. The number of hydrogen-bond acceptors (Lipinski definition) is 3. The molecule has 0 fully saturated rings. The van der Waals surface area contributed by atoms with Crippen LogP contribution >= 0.6 is 11.8 Å². The van der Waals surface area contributed by atoms with Crippen molar-refractivity contribution in [1.29, 1.82) is 0 Å². The zero-order valence-corrected chi connectivity index (χ0v) is 9.79. The van der Waals surface area contributed by atoms with Gasteiger partial charge in [0.15, 0.2) is 0 Å². The van der Waals surface area contributed by atoms with Crippen molar-refractivity contribution >= 4 is 17.4 Å². The fourth-order valence-corrected chi connectivity index (χ4v) is 2.26. The molecule has 0 aliphatic heterocycles. The van der Waals surface area contributed by atoms with Crippen molar-refractivity contribution in [3.05, 3.63) is 42.5 Å². The molecule has 0 spiro atoms. The first-order chi connectivity index (χ1) is 7.72. The normalized spacial score (nSPS) is 10.3. The van der Waals surface area contributed by atoms with Gasteiger partial charge >= 0.3 is 0 Å². The minimum absolute atomic E-state index is 0.236. The van der Waals surface area contributed by atoms with Crippen LogP contribution in [0.15, 0.2) is 47.4 Å². The molecule has 0 aromatic heterocycles. The van der Waals surface area contributed by atoms with E-state index in [2.05, 4.69) is 0 Å². The van der Waals surface area contributed by atoms with E-state index in [9.17, 15) is 5.11 Å². The van der Waals surface area contributed by atoms with Gasteiger partial charge in [-0.05, 0) is 36.1 Å². The molecule has 82 valence electrons. The summed E-state index contributed by atoms with van der Waals surface area (Å²) in [5, 5.41) is 9.50. The summed E-state index contributed by atoms with van der Waals surface area (Å²) < 4.78 is 0. The van der Waals surface area contributed by atoms with Crippen LogP contribution in [-0.4, -0.2) is 11.4 Å². The SMILES string of the molecule is CSc1ccccc1-c1cc(O)ccc1N. The van der Waals surface area contributed by atoms with Crippen molar-refractivity contribution < 1.29 is 5.11 Å². The zero-order valence-electron chi connectivity index (χ0n) is 8.97. The second-order valence-corrected chi connectivity index (χ2v) is 4.32. The summed E-state index contributed by atoms with van der Waals surface area (Å²) in [7, 11) is 0. The number of nitrogens with two attached hydrogens (primary N) is 1. The van der Waals surface area contributed by atoms with Crippen molar-refractivity contribution in [2.24, 2.45) is 0 Å². The lowest BCUT2D eigenvalue weighted by atomic mass is 10.0. The summed E-state index contributed by atoms with van der Waals surface area (Å²) in [6, 6.07) is 13.0. The molecule has 0 heterocycles. The Morgan fingerprint density at radius 3 is 2.56 bits per heavy atom. The number of benzene rings is 2. The highest BCUT2D eigenvalue weighted by molar-refractivity contribution is 7.98. The van der Waals surface area contributed by atoms with Crippen molar-refractivity contribution in [3.63, 3.8) is 0 Å². The van der Waals surface area contributed by atoms with E-state index in [4.69, 9.17) is 5.73 Å². The van der Waals surface area contributed by atoms with Crippen molar-refractivity contribution in [2.75, 3.05) is 12.0 Å². The highest BCUT2D eigenvalue weighted by atomic mass is 32.2. The van der Waals surface area contributed by atoms with Gasteiger partial charge in [-0.2, -0.15) is 0 Å². The van der Waals surface area contributed by atoms with Gasteiger partial charge in [-0.3, -0.25) is 0 Å². The van der Waals surface area contributed by atoms with Crippen molar-refractivity contribution in [2.45, 2.75) is 4.90 Å². The molecule has 0 bridgehead atoms. The quantitative estimate of drug-likeness (QED) is 0.473. The van der Waals surface area contributed by atoms with E-state index in [-0.39, 0.29) is 5.75 Å². The van der Waals surface area contributed by atoms with Gasteiger partial charge in [0.2, 0.25) is 0 Å². The summed E-state index contributed by atoms with van der Waals surface area (Å²) in [5.74, 6) is 0.236. The summed E-state index contributed by atoms with van der Waals surface area (Å²) >= 11 is 1.67. The molecule has 16 heavy (non-hydrogen) atoms. The molecule has 3 heteroatoms. The lowest BCUT2D eigenvalue weighted by Gasteiger charge is -2.10. The van der Waals surface area contributed by atoms with Crippen LogP contribution in [0.2, 0.25) is 0 Å². The average molecular weight is 231 g/mol. The van der Waals surface area contributed by atoms with E-state index in [1.165, 1.54) is 0 Å². The van der Waals surface area contributed by atoms with Crippen molar-refractivity contribution in [1.82, 2.24) is 0 Å². The third-order valence-corrected chi connectivity index (χ3v) is 3.23. The molecule has 0 amide bonds. The van der Waals surface area contributed by atoms with E-state index >= 15 is 0 Å².